The van der Waals surface area contributed by atoms with E-state index in [4.69, 9.17) is 16.3 Å². The van der Waals surface area contributed by atoms with Crippen LogP contribution in [0.2, 0.25) is 5.02 Å². The number of hydrogen-bond donors (Lipinski definition) is 3. The first kappa shape index (κ1) is 23.4. The number of aliphatic hydroxyl groups is 1. The van der Waals surface area contributed by atoms with Crippen molar-refractivity contribution in [3.05, 3.63) is 46.0 Å². The van der Waals surface area contributed by atoms with Gasteiger partial charge in [-0.3, -0.25) is 0 Å². The molecule has 1 aliphatic heterocycles. The minimum absolute atomic E-state index is 0.171. The Morgan fingerprint density at radius 3 is 2.71 bits per heavy atom. The van der Waals surface area contributed by atoms with Crippen molar-refractivity contribution >= 4 is 17.5 Å². The number of aromatic nitrogens is 3. The second-order valence-electron chi connectivity index (χ2n) is 8.24. The Kier molecular flexibility index (Phi) is 8.22. The van der Waals surface area contributed by atoms with Crippen LogP contribution in [0.1, 0.15) is 62.5 Å². The zero-order valence-electron chi connectivity index (χ0n) is 18.4. The van der Waals surface area contributed by atoms with E-state index in [9.17, 15) is 5.11 Å². The summed E-state index contributed by atoms with van der Waals surface area (Å²) in [7, 11) is 0. The average Bonchev–Trinajstić information content (AvgIpc) is 2.74. The number of aliphatic hydroxyl groups excluding tert-OH is 1. The topological polar surface area (TPSA) is 92.2 Å². The van der Waals surface area contributed by atoms with Crippen molar-refractivity contribution in [1.29, 1.82) is 0 Å². The highest BCUT2D eigenvalue weighted by atomic mass is 35.5. The lowest BCUT2D eigenvalue weighted by Gasteiger charge is -2.28. The van der Waals surface area contributed by atoms with Crippen molar-refractivity contribution in [2.75, 3.05) is 18.5 Å². The summed E-state index contributed by atoms with van der Waals surface area (Å²) >= 11 is 6.30. The third-order valence-corrected chi connectivity index (χ3v) is 5.32. The van der Waals surface area contributed by atoms with Crippen LogP contribution in [0.15, 0.2) is 18.5 Å². The SMILES string of the molecule is CC(C)NCc1ccnc(C#Cc2nc(N[C@@H]3CCOC[C@H]3O)ncc2Cl)c1C(C)C. The average molecular weight is 444 g/mol. The molecule has 7 nitrogen and oxygen atoms in total. The van der Waals surface area contributed by atoms with Crippen LogP contribution < -0.4 is 10.6 Å². The van der Waals surface area contributed by atoms with Crippen molar-refractivity contribution in [2.24, 2.45) is 0 Å². The van der Waals surface area contributed by atoms with Crippen molar-refractivity contribution in [2.45, 2.75) is 64.8 Å². The fraction of sp³-hybridized carbons (Fsp3) is 0.522. The number of anilines is 1. The lowest BCUT2D eigenvalue weighted by Crippen LogP contribution is -2.42. The Bertz CT molecular complexity index is 955. The van der Waals surface area contributed by atoms with E-state index in [0.717, 1.165) is 17.8 Å². The number of hydrogen-bond acceptors (Lipinski definition) is 7. The predicted octanol–water partition coefficient (Wildman–Crippen LogP) is 3.11. The van der Waals surface area contributed by atoms with Gasteiger partial charge in [0, 0.05) is 25.4 Å². The van der Waals surface area contributed by atoms with Crippen LogP contribution in [0, 0.1) is 11.8 Å². The summed E-state index contributed by atoms with van der Waals surface area (Å²) < 4.78 is 5.26. The van der Waals surface area contributed by atoms with E-state index in [-0.39, 0.29) is 12.0 Å². The van der Waals surface area contributed by atoms with Gasteiger partial charge in [-0.25, -0.2) is 15.0 Å². The molecule has 0 bridgehead atoms. The molecule has 2 aromatic rings. The fourth-order valence-electron chi connectivity index (χ4n) is 3.43. The summed E-state index contributed by atoms with van der Waals surface area (Å²) in [5, 5.41) is 17.1. The van der Waals surface area contributed by atoms with Gasteiger partial charge in [-0.2, -0.15) is 0 Å². The first-order valence-electron chi connectivity index (χ1n) is 10.6. The number of nitrogens with zero attached hydrogens (tertiary/aromatic N) is 3. The van der Waals surface area contributed by atoms with E-state index < -0.39 is 6.10 Å². The monoisotopic (exact) mass is 443 g/mol. The molecule has 0 unspecified atom stereocenters. The van der Waals surface area contributed by atoms with Crippen LogP contribution in [-0.4, -0.2) is 51.5 Å². The fourth-order valence-corrected chi connectivity index (χ4v) is 3.56. The normalized spacial score (nSPS) is 18.7. The Morgan fingerprint density at radius 2 is 2.00 bits per heavy atom. The molecule has 0 aliphatic carbocycles. The molecular formula is C23H30ClN5O2. The molecule has 0 aromatic carbocycles. The van der Waals surface area contributed by atoms with Crippen LogP contribution in [0.3, 0.4) is 0 Å². The number of halogens is 1. The second kappa shape index (κ2) is 10.9. The Morgan fingerprint density at radius 1 is 1.23 bits per heavy atom. The standard InChI is InChI=1S/C23H30ClN5O2/c1-14(2)22-16(11-26-15(3)4)7-9-25-20(22)6-5-18-17(24)12-27-23(28-18)29-19-8-10-31-13-21(19)30/h7,9,12,14-15,19,21,26,30H,8,10-11,13H2,1-4H3,(H,27,28,29)/t19-,21-/m1/s1. The zero-order chi connectivity index (χ0) is 22.4. The van der Waals surface area contributed by atoms with Gasteiger partial charge >= 0.3 is 0 Å². The molecule has 0 saturated carbocycles. The molecule has 2 atom stereocenters. The molecule has 31 heavy (non-hydrogen) atoms. The first-order valence-corrected chi connectivity index (χ1v) is 11.0. The van der Waals surface area contributed by atoms with E-state index in [2.05, 4.69) is 65.1 Å². The second-order valence-corrected chi connectivity index (χ2v) is 8.65. The highest BCUT2D eigenvalue weighted by Gasteiger charge is 2.24. The van der Waals surface area contributed by atoms with Gasteiger partial charge in [0.05, 0.1) is 30.0 Å². The van der Waals surface area contributed by atoms with Gasteiger partial charge < -0.3 is 20.5 Å². The maximum Gasteiger partial charge on any atom is 0.224 e. The molecule has 8 heteroatoms. The van der Waals surface area contributed by atoms with Crippen molar-refractivity contribution in [1.82, 2.24) is 20.3 Å². The van der Waals surface area contributed by atoms with E-state index in [1.807, 2.05) is 6.07 Å². The van der Waals surface area contributed by atoms with Crippen molar-refractivity contribution < 1.29 is 9.84 Å². The highest BCUT2D eigenvalue weighted by molar-refractivity contribution is 6.31. The van der Waals surface area contributed by atoms with E-state index in [1.54, 1.807) is 6.20 Å². The predicted molar refractivity (Wildman–Crippen MR) is 122 cm³/mol. The highest BCUT2D eigenvalue weighted by Crippen LogP contribution is 2.23. The van der Waals surface area contributed by atoms with Crippen LogP contribution in [0.4, 0.5) is 5.95 Å². The van der Waals surface area contributed by atoms with Crippen LogP contribution in [0.25, 0.3) is 0 Å². The lowest BCUT2D eigenvalue weighted by molar-refractivity contribution is -0.0136. The Balaban J connectivity index is 1.86. The molecule has 166 valence electrons. The molecule has 3 N–H and O–H groups in total. The first-order chi connectivity index (χ1) is 14.8. The Hall–Kier alpha value is -2.24. The van der Waals surface area contributed by atoms with Crippen LogP contribution in [0.5, 0.6) is 0 Å². The van der Waals surface area contributed by atoms with Gasteiger partial charge in [0.15, 0.2) is 0 Å². The third kappa shape index (κ3) is 6.37. The van der Waals surface area contributed by atoms with Gasteiger partial charge in [0.1, 0.15) is 11.4 Å². The van der Waals surface area contributed by atoms with Gasteiger partial charge in [-0.05, 0) is 41.4 Å². The van der Waals surface area contributed by atoms with E-state index in [0.29, 0.717) is 42.3 Å². The maximum atomic E-state index is 10.1. The molecule has 2 aromatic heterocycles. The molecule has 1 saturated heterocycles. The van der Waals surface area contributed by atoms with Crippen LogP contribution in [-0.2, 0) is 11.3 Å². The lowest BCUT2D eigenvalue weighted by atomic mass is 9.95. The summed E-state index contributed by atoms with van der Waals surface area (Å²) in [4.78, 5) is 13.2. The van der Waals surface area contributed by atoms with Crippen molar-refractivity contribution in [3.8, 4) is 11.8 Å². The molecular weight excluding hydrogens is 414 g/mol. The molecule has 0 radical (unpaired) electrons. The summed E-state index contributed by atoms with van der Waals surface area (Å²) in [6, 6.07) is 2.26. The van der Waals surface area contributed by atoms with Gasteiger partial charge in [0.25, 0.3) is 0 Å². The molecule has 0 amide bonds. The van der Waals surface area contributed by atoms with Crippen molar-refractivity contribution in [3.63, 3.8) is 0 Å². The maximum absolute atomic E-state index is 10.1. The molecule has 1 aliphatic rings. The van der Waals surface area contributed by atoms with Gasteiger partial charge in [0.2, 0.25) is 5.95 Å². The number of ether oxygens (including phenoxy) is 1. The minimum Gasteiger partial charge on any atom is -0.389 e. The molecule has 3 rings (SSSR count). The number of nitrogens with one attached hydrogen (secondary N) is 2. The minimum atomic E-state index is -0.609. The Labute approximate surface area is 189 Å². The largest absolute Gasteiger partial charge is 0.389 e. The quantitative estimate of drug-likeness (QED) is 0.591. The summed E-state index contributed by atoms with van der Waals surface area (Å²) in [6.07, 6.45) is 3.37. The van der Waals surface area contributed by atoms with Gasteiger partial charge in [-0.15, -0.1) is 0 Å². The van der Waals surface area contributed by atoms with E-state index in [1.165, 1.54) is 11.8 Å². The zero-order valence-corrected chi connectivity index (χ0v) is 19.2. The molecule has 0 spiro atoms. The molecule has 3 heterocycles. The summed E-state index contributed by atoms with van der Waals surface area (Å²) in [6.45, 7) is 10.2. The summed E-state index contributed by atoms with van der Waals surface area (Å²) in [5.41, 5.74) is 3.45. The van der Waals surface area contributed by atoms with Crippen LogP contribution >= 0.6 is 11.6 Å². The molecule has 1 fully saturated rings. The number of rotatable bonds is 6. The van der Waals surface area contributed by atoms with E-state index >= 15 is 0 Å². The smallest absolute Gasteiger partial charge is 0.224 e. The van der Waals surface area contributed by atoms with Gasteiger partial charge in [-0.1, -0.05) is 39.3 Å². The summed E-state index contributed by atoms with van der Waals surface area (Å²) in [5.74, 6) is 6.88. The number of pyridine rings is 1. The third-order valence-electron chi connectivity index (χ3n) is 5.04.